The maximum atomic E-state index is 10.7. The summed E-state index contributed by atoms with van der Waals surface area (Å²) in [6.07, 6.45) is 0. The molecule has 39 heavy (non-hydrogen) atoms. The molecule has 0 saturated carbocycles. The number of tetrazole rings is 1. The maximum Gasteiger partial charge on any atom is 0.329 e. The largest absolute Gasteiger partial charge is 0.508 e. The first kappa shape index (κ1) is 26.5. The van der Waals surface area contributed by atoms with E-state index in [0.717, 1.165) is 49.4 Å². The second-order valence-corrected chi connectivity index (χ2v) is 9.59. The van der Waals surface area contributed by atoms with Gasteiger partial charge in [0, 0.05) is 38.3 Å². The van der Waals surface area contributed by atoms with Gasteiger partial charge in [0.05, 0.1) is 19.2 Å². The van der Waals surface area contributed by atoms with E-state index in [1.165, 1.54) is 5.56 Å². The van der Waals surface area contributed by atoms with E-state index in [4.69, 9.17) is 9.84 Å². The van der Waals surface area contributed by atoms with Gasteiger partial charge in [-0.1, -0.05) is 66.7 Å². The summed E-state index contributed by atoms with van der Waals surface area (Å²) in [5.74, 6) is -0.175. The van der Waals surface area contributed by atoms with Crippen LogP contribution in [-0.4, -0.2) is 85.6 Å². The van der Waals surface area contributed by atoms with Crippen LogP contribution in [0.3, 0.4) is 0 Å². The van der Waals surface area contributed by atoms with Gasteiger partial charge in [-0.25, -0.2) is 9.48 Å². The number of benzene rings is 3. The average molecular weight is 529 g/mol. The minimum absolute atomic E-state index is 0.00885. The van der Waals surface area contributed by atoms with Crippen LogP contribution in [0.25, 0.3) is 11.4 Å². The fourth-order valence-electron chi connectivity index (χ4n) is 5.02. The van der Waals surface area contributed by atoms with Gasteiger partial charge in [-0.15, -0.1) is 5.10 Å². The van der Waals surface area contributed by atoms with Crippen molar-refractivity contribution in [3.05, 3.63) is 95.6 Å². The Labute approximate surface area is 227 Å². The van der Waals surface area contributed by atoms with Crippen molar-refractivity contribution in [3.63, 3.8) is 0 Å². The van der Waals surface area contributed by atoms with Crippen molar-refractivity contribution in [3.8, 4) is 17.1 Å². The molecular formula is C29H32N6O4. The summed E-state index contributed by atoms with van der Waals surface area (Å²) in [4.78, 5) is 15.6. The molecule has 202 valence electrons. The molecule has 10 nitrogen and oxygen atoms in total. The quantitative estimate of drug-likeness (QED) is 0.283. The Balaban J connectivity index is 1.31. The van der Waals surface area contributed by atoms with E-state index in [1.54, 1.807) is 10.7 Å². The van der Waals surface area contributed by atoms with Gasteiger partial charge in [0.15, 0.2) is 5.82 Å². The van der Waals surface area contributed by atoms with Gasteiger partial charge >= 0.3 is 5.97 Å². The molecule has 1 aromatic heterocycles. The zero-order valence-electron chi connectivity index (χ0n) is 21.6. The Kier molecular flexibility index (Phi) is 8.57. The fourth-order valence-corrected chi connectivity index (χ4v) is 5.02. The molecule has 1 aliphatic rings. The molecule has 1 aliphatic heterocycles. The summed E-state index contributed by atoms with van der Waals surface area (Å²) in [5, 5.41) is 31.0. The molecule has 0 amide bonds. The predicted octanol–water partition coefficient (Wildman–Crippen LogP) is 3.05. The number of aromatic nitrogens is 4. The molecule has 2 N–H and O–H groups in total. The Morgan fingerprint density at radius 3 is 2.41 bits per heavy atom. The number of aromatic hydroxyl groups is 1. The second kappa shape index (κ2) is 12.6. The third kappa shape index (κ3) is 6.85. The van der Waals surface area contributed by atoms with Crippen molar-refractivity contribution < 1.29 is 19.7 Å². The molecular weight excluding hydrogens is 496 g/mol. The van der Waals surface area contributed by atoms with E-state index in [9.17, 15) is 9.90 Å². The molecule has 1 atom stereocenters. The van der Waals surface area contributed by atoms with Crippen molar-refractivity contribution in [1.29, 1.82) is 0 Å². The van der Waals surface area contributed by atoms with Crippen LogP contribution in [0.4, 0.5) is 0 Å². The zero-order valence-corrected chi connectivity index (χ0v) is 21.6. The van der Waals surface area contributed by atoms with Crippen molar-refractivity contribution in [2.75, 3.05) is 39.4 Å². The van der Waals surface area contributed by atoms with Gasteiger partial charge in [-0.2, -0.15) is 0 Å². The van der Waals surface area contributed by atoms with E-state index in [2.05, 4.69) is 67.8 Å². The third-order valence-electron chi connectivity index (χ3n) is 6.90. The van der Waals surface area contributed by atoms with Crippen molar-refractivity contribution in [1.82, 2.24) is 30.0 Å². The molecule has 1 fully saturated rings. The first-order chi connectivity index (χ1) is 19.1. The number of ether oxygens (including phenoxy) is 1. The monoisotopic (exact) mass is 528 g/mol. The lowest BCUT2D eigenvalue weighted by molar-refractivity contribution is -0.142. The van der Waals surface area contributed by atoms with Crippen molar-refractivity contribution in [2.24, 2.45) is 0 Å². The Bertz CT molecular complexity index is 1350. The molecule has 10 heteroatoms. The summed E-state index contributed by atoms with van der Waals surface area (Å²) in [6.45, 7) is 4.85. The molecule has 0 spiro atoms. The van der Waals surface area contributed by atoms with Crippen LogP contribution in [0, 0.1) is 0 Å². The van der Waals surface area contributed by atoms with Crippen molar-refractivity contribution in [2.45, 2.75) is 19.1 Å². The highest BCUT2D eigenvalue weighted by Crippen LogP contribution is 2.32. The van der Waals surface area contributed by atoms with E-state index in [0.29, 0.717) is 12.4 Å². The highest BCUT2D eigenvalue weighted by atomic mass is 16.5. The Hall–Kier alpha value is -4.12. The summed E-state index contributed by atoms with van der Waals surface area (Å²) >= 11 is 0. The van der Waals surface area contributed by atoms with Gasteiger partial charge in [0.25, 0.3) is 0 Å². The minimum Gasteiger partial charge on any atom is -0.508 e. The van der Waals surface area contributed by atoms with Crippen LogP contribution in [0.1, 0.15) is 22.7 Å². The number of piperazine rings is 1. The lowest BCUT2D eigenvalue weighted by Crippen LogP contribution is -2.47. The van der Waals surface area contributed by atoms with Gasteiger partial charge in [-0.05, 0) is 39.2 Å². The summed E-state index contributed by atoms with van der Waals surface area (Å²) < 4.78 is 6.74. The third-order valence-corrected chi connectivity index (χ3v) is 6.90. The van der Waals surface area contributed by atoms with E-state index >= 15 is 0 Å². The Morgan fingerprint density at radius 1 is 0.923 bits per heavy atom. The SMILES string of the molecule is O=C(O)COCCn1nnnc1-c1ccc([C@H](c2cccc(O)c2)N2CCN(Cc3ccccc3)CC2)cc1. The van der Waals surface area contributed by atoms with Crippen LogP contribution in [0.5, 0.6) is 5.75 Å². The fraction of sp³-hybridized carbons (Fsp3) is 0.310. The second-order valence-electron chi connectivity index (χ2n) is 9.59. The predicted molar refractivity (Wildman–Crippen MR) is 145 cm³/mol. The number of aliphatic carboxylic acids is 1. The number of hydrogen-bond donors (Lipinski definition) is 2. The summed E-state index contributed by atoms with van der Waals surface area (Å²) in [7, 11) is 0. The van der Waals surface area contributed by atoms with Crippen LogP contribution in [-0.2, 0) is 22.6 Å². The zero-order chi connectivity index (χ0) is 27.0. The number of phenols is 1. The normalized spacial score (nSPS) is 15.3. The molecule has 3 aromatic carbocycles. The first-order valence-corrected chi connectivity index (χ1v) is 13.0. The topological polar surface area (TPSA) is 117 Å². The lowest BCUT2D eigenvalue weighted by Gasteiger charge is -2.40. The molecule has 0 aliphatic carbocycles. The number of rotatable bonds is 11. The molecule has 5 rings (SSSR count). The Morgan fingerprint density at radius 2 is 1.69 bits per heavy atom. The number of carboxylic acid groups (broad SMARTS) is 1. The standard InChI is InChI=1S/C29H32N6O4/c36-26-8-4-7-25(19-26)28(34-15-13-33(14-16-34)20-22-5-2-1-3-6-22)23-9-11-24(12-10-23)29-30-31-32-35(29)17-18-39-21-27(37)38/h1-12,19,28,36H,13-18,20-21H2,(H,37,38)/t28-/m1/s1. The van der Waals surface area contributed by atoms with E-state index in [-0.39, 0.29) is 25.0 Å². The number of phenolic OH excluding ortho intramolecular Hbond substituents is 1. The van der Waals surface area contributed by atoms with Gasteiger partial charge in [0.1, 0.15) is 12.4 Å². The van der Waals surface area contributed by atoms with Crippen molar-refractivity contribution >= 4 is 5.97 Å². The average Bonchev–Trinajstić information content (AvgIpc) is 3.42. The highest BCUT2D eigenvalue weighted by Gasteiger charge is 2.27. The highest BCUT2D eigenvalue weighted by molar-refractivity contribution is 5.68. The van der Waals surface area contributed by atoms with Crippen LogP contribution < -0.4 is 0 Å². The number of hydrogen-bond acceptors (Lipinski definition) is 8. The van der Waals surface area contributed by atoms with Crippen LogP contribution >= 0.6 is 0 Å². The van der Waals surface area contributed by atoms with Crippen LogP contribution in [0.15, 0.2) is 78.9 Å². The van der Waals surface area contributed by atoms with Gasteiger partial charge in [0.2, 0.25) is 0 Å². The number of nitrogens with zero attached hydrogens (tertiary/aromatic N) is 6. The number of carboxylic acids is 1. The van der Waals surface area contributed by atoms with E-state index in [1.807, 2.05) is 30.3 Å². The van der Waals surface area contributed by atoms with Gasteiger partial charge in [-0.3, -0.25) is 9.80 Å². The van der Waals surface area contributed by atoms with Gasteiger partial charge < -0.3 is 14.9 Å². The first-order valence-electron chi connectivity index (χ1n) is 13.0. The molecule has 0 unspecified atom stereocenters. The molecule has 0 bridgehead atoms. The minimum atomic E-state index is -1.01. The molecule has 1 saturated heterocycles. The smallest absolute Gasteiger partial charge is 0.329 e. The molecule has 0 radical (unpaired) electrons. The summed E-state index contributed by atoms with van der Waals surface area (Å²) in [6, 6.07) is 26.2. The lowest BCUT2D eigenvalue weighted by atomic mass is 9.95. The summed E-state index contributed by atoms with van der Waals surface area (Å²) in [5.41, 5.74) is 4.33. The number of carbonyl (C=O) groups is 1. The molecule has 4 aromatic rings. The maximum absolute atomic E-state index is 10.7. The molecule has 2 heterocycles. The van der Waals surface area contributed by atoms with Crippen LogP contribution in [0.2, 0.25) is 0 Å². The van der Waals surface area contributed by atoms with E-state index < -0.39 is 5.97 Å².